The lowest BCUT2D eigenvalue weighted by atomic mass is 9.58. The van der Waals surface area contributed by atoms with Crippen LogP contribution in [0.2, 0.25) is 0 Å². The summed E-state index contributed by atoms with van der Waals surface area (Å²) < 4.78 is 0. The first-order chi connectivity index (χ1) is 32.7. The van der Waals surface area contributed by atoms with Crippen molar-refractivity contribution >= 4 is 21.5 Å². The topological polar surface area (TPSA) is 0 Å². The zero-order valence-corrected chi connectivity index (χ0v) is 44.9. The Hall–Kier alpha value is -5.72. The molecule has 8 aromatic rings. The van der Waals surface area contributed by atoms with Crippen molar-refractivity contribution in [1.82, 2.24) is 0 Å². The molecule has 69 heavy (non-hydrogen) atoms. The minimum absolute atomic E-state index is 0.316. The standard InChI is InChI=1S/C69H76/c1-37(2)47-25-20-26-48(38(3)4)60(47)44-31-54-63(53-24-19-18-23-43(53)13)55-32-45(61-49(39(5)6)27-21-28-50(61)40(7)8)34-57-65(55)67-64(54)56(33-44)68(14,15)58-35-46(36-59(66(58)67)69(57,16)17)62-51(41(9)10)29-22-30-52(62)42(11)12/h18-42H,1-17H3. The maximum absolute atomic E-state index is 2.65. The van der Waals surface area contributed by atoms with Crippen molar-refractivity contribution in [3.63, 3.8) is 0 Å². The summed E-state index contributed by atoms with van der Waals surface area (Å²) in [6.45, 7) is 41.0. The summed E-state index contributed by atoms with van der Waals surface area (Å²) in [6, 6.07) is 46.3. The van der Waals surface area contributed by atoms with Gasteiger partial charge in [0.25, 0.3) is 0 Å². The molecule has 0 saturated heterocycles. The number of benzene rings is 8. The van der Waals surface area contributed by atoms with Gasteiger partial charge in [-0.25, -0.2) is 0 Å². The summed E-state index contributed by atoms with van der Waals surface area (Å²) >= 11 is 0. The van der Waals surface area contributed by atoms with Crippen LogP contribution in [-0.4, -0.2) is 0 Å². The van der Waals surface area contributed by atoms with Crippen LogP contribution in [0.15, 0.2) is 115 Å². The van der Waals surface area contributed by atoms with E-state index in [-0.39, 0.29) is 10.8 Å². The van der Waals surface area contributed by atoms with Gasteiger partial charge in [-0.15, -0.1) is 0 Å². The lowest BCUT2D eigenvalue weighted by Crippen LogP contribution is -2.31. The van der Waals surface area contributed by atoms with Gasteiger partial charge in [0.2, 0.25) is 0 Å². The summed E-state index contributed by atoms with van der Waals surface area (Å²) in [6.07, 6.45) is 0. The van der Waals surface area contributed by atoms with Gasteiger partial charge in [0.15, 0.2) is 0 Å². The van der Waals surface area contributed by atoms with Gasteiger partial charge in [-0.05, 0) is 217 Å². The second kappa shape index (κ2) is 16.7. The van der Waals surface area contributed by atoms with Crippen LogP contribution in [0.4, 0.5) is 0 Å². The summed E-state index contributed by atoms with van der Waals surface area (Å²) in [4.78, 5) is 0. The van der Waals surface area contributed by atoms with Crippen LogP contribution < -0.4 is 0 Å². The Morgan fingerprint density at radius 3 is 0.928 bits per heavy atom. The van der Waals surface area contributed by atoms with Gasteiger partial charge in [0, 0.05) is 10.8 Å². The molecular formula is C69H76. The Labute approximate surface area is 415 Å². The van der Waals surface area contributed by atoms with Gasteiger partial charge < -0.3 is 0 Å². The van der Waals surface area contributed by atoms with E-state index in [9.17, 15) is 0 Å². The highest BCUT2D eigenvalue weighted by Gasteiger charge is 2.45. The van der Waals surface area contributed by atoms with Crippen LogP contribution in [0, 0.1) is 6.92 Å². The molecule has 0 fully saturated rings. The normalized spacial score (nSPS) is 14.6. The van der Waals surface area contributed by atoms with Crippen LogP contribution in [0.5, 0.6) is 0 Å². The Morgan fingerprint density at radius 2 is 0.609 bits per heavy atom. The monoisotopic (exact) mass is 905 g/mol. The maximum Gasteiger partial charge on any atom is 0.0159 e. The fourth-order valence-corrected chi connectivity index (χ4v) is 13.1. The highest BCUT2D eigenvalue weighted by Crippen LogP contribution is 2.63. The zero-order valence-electron chi connectivity index (χ0n) is 44.9. The first-order valence-electron chi connectivity index (χ1n) is 26.4. The molecule has 0 nitrogen and oxygen atoms in total. The predicted octanol–water partition coefficient (Wildman–Crippen LogP) is 20.7. The molecular weight excluding hydrogens is 829 g/mol. The van der Waals surface area contributed by atoms with E-state index in [4.69, 9.17) is 0 Å². The Bertz CT molecular complexity index is 3140. The largest absolute Gasteiger partial charge is 0.0620 e. The molecule has 0 atom stereocenters. The lowest BCUT2D eigenvalue weighted by Gasteiger charge is -2.45. The SMILES string of the molecule is Cc1ccccc1-c1c2cc(-c3c(C(C)C)cccc3C(C)C)cc3c2c2c4c(cc(-c5c(C(C)C)cccc5C(C)C)cc14)C(C)(C)c1cc(-c4c(C(C)C)cccc4C(C)C)cc(c1-2)C3(C)C. The fourth-order valence-electron chi connectivity index (χ4n) is 13.1. The van der Waals surface area contributed by atoms with Crippen molar-refractivity contribution in [2.75, 3.05) is 0 Å². The third-order valence-corrected chi connectivity index (χ3v) is 16.8. The minimum atomic E-state index is -0.316. The van der Waals surface area contributed by atoms with Crippen molar-refractivity contribution in [3.05, 3.63) is 176 Å². The molecule has 0 heterocycles. The van der Waals surface area contributed by atoms with Gasteiger partial charge in [-0.1, -0.05) is 190 Å². The van der Waals surface area contributed by atoms with E-state index in [1.165, 1.54) is 138 Å². The Balaban J connectivity index is 1.50. The molecule has 0 saturated carbocycles. The van der Waals surface area contributed by atoms with Crippen LogP contribution in [0.1, 0.15) is 207 Å². The molecule has 2 aliphatic carbocycles. The third kappa shape index (κ3) is 7.04. The quantitative estimate of drug-likeness (QED) is 0.120. The second-order valence-electron chi connectivity index (χ2n) is 24.0. The molecule has 0 amide bonds. The molecule has 2 aliphatic rings. The van der Waals surface area contributed by atoms with Crippen molar-refractivity contribution < 1.29 is 0 Å². The van der Waals surface area contributed by atoms with Crippen LogP contribution in [0.25, 0.3) is 77.2 Å². The van der Waals surface area contributed by atoms with Gasteiger partial charge in [-0.3, -0.25) is 0 Å². The summed E-state index contributed by atoms with van der Waals surface area (Å²) in [7, 11) is 0. The molecule has 0 N–H and O–H groups in total. The first kappa shape index (κ1) is 47.0. The predicted molar refractivity (Wildman–Crippen MR) is 302 cm³/mol. The molecule has 8 aromatic carbocycles. The molecule has 0 aromatic heterocycles. The zero-order chi connectivity index (χ0) is 49.3. The van der Waals surface area contributed by atoms with E-state index in [1.807, 2.05) is 0 Å². The number of aryl methyl sites for hydroxylation is 1. The van der Waals surface area contributed by atoms with E-state index in [0.717, 1.165) is 0 Å². The highest BCUT2D eigenvalue weighted by molar-refractivity contribution is 6.27. The number of hydrogen-bond donors (Lipinski definition) is 0. The van der Waals surface area contributed by atoms with E-state index in [2.05, 4.69) is 233 Å². The van der Waals surface area contributed by atoms with E-state index in [1.54, 1.807) is 0 Å². The van der Waals surface area contributed by atoms with E-state index < -0.39 is 0 Å². The third-order valence-electron chi connectivity index (χ3n) is 16.8. The summed E-state index contributed by atoms with van der Waals surface area (Å²) in [5.41, 5.74) is 28.9. The van der Waals surface area contributed by atoms with Crippen LogP contribution in [-0.2, 0) is 10.8 Å². The van der Waals surface area contributed by atoms with Crippen molar-refractivity contribution in [3.8, 4) is 55.6 Å². The molecule has 0 spiro atoms. The summed E-state index contributed by atoms with van der Waals surface area (Å²) in [5.74, 6) is 2.27. The molecule has 0 bridgehead atoms. The molecule has 10 rings (SSSR count). The minimum Gasteiger partial charge on any atom is -0.0620 e. The fraction of sp³-hybridized carbons (Fsp3) is 0.362. The molecule has 0 aliphatic heterocycles. The molecule has 0 radical (unpaired) electrons. The summed E-state index contributed by atoms with van der Waals surface area (Å²) in [5, 5.41) is 5.62. The van der Waals surface area contributed by atoms with Gasteiger partial charge in [-0.2, -0.15) is 0 Å². The Morgan fingerprint density at radius 1 is 0.304 bits per heavy atom. The van der Waals surface area contributed by atoms with E-state index >= 15 is 0 Å². The number of hydrogen-bond acceptors (Lipinski definition) is 0. The van der Waals surface area contributed by atoms with E-state index in [0.29, 0.717) is 35.5 Å². The van der Waals surface area contributed by atoms with Crippen molar-refractivity contribution in [2.45, 2.75) is 164 Å². The van der Waals surface area contributed by atoms with Gasteiger partial charge in [0.05, 0.1) is 0 Å². The second-order valence-corrected chi connectivity index (χ2v) is 24.0. The molecule has 352 valence electrons. The van der Waals surface area contributed by atoms with Gasteiger partial charge in [0.1, 0.15) is 0 Å². The maximum atomic E-state index is 2.65. The van der Waals surface area contributed by atoms with Crippen molar-refractivity contribution in [1.29, 1.82) is 0 Å². The molecule has 0 unspecified atom stereocenters. The lowest BCUT2D eigenvalue weighted by molar-refractivity contribution is 0.619. The number of rotatable bonds is 10. The van der Waals surface area contributed by atoms with Gasteiger partial charge >= 0.3 is 0 Å². The highest BCUT2D eigenvalue weighted by atomic mass is 14.5. The van der Waals surface area contributed by atoms with Crippen LogP contribution in [0.3, 0.4) is 0 Å². The Kier molecular flexibility index (Phi) is 11.4. The van der Waals surface area contributed by atoms with Crippen molar-refractivity contribution in [2.24, 2.45) is 0 Å². The average Bonchev–Trinajstić information content (AvgIpc) is 3.30. The molecule has 0 heteroatoms. The first-order valence-corrected chi connectivity index (χ1v) is 26.4. The van der Waals surface area contributed by atoms with Crippen LogP contribution >= 0.6 is 0 Å². The smallest absolute Gasteiger partial charge is 0.0159 e. The average molecular weight is 905 g/mol.